The molecular formula is C14H20ClN3O6S. The zero-order valence-electron chi connectivity index (χ0n) is 14.4. The van der Waals surface area contributed by atoms with Gasteiger partial charge in [-0.15, -0.1) is 0 Å². The average Bonchev–Trinajstić information content (AvgIpc) is 2.52. The van der Waals surface area contributed by atoms with Gasteiger partial charge in [0.15, 0.2) is 0 Å². The number of hydrogen-bond acceptors (Lipinski definition) is 6. The number of nitro groups is 1. The first-order valence-electron chi connectivity index (χ1n) is 7.16. The van der Waals surface area contributed by atoms with E-state index in [2.05, 4.69) is 0 Å². The molecule has 0 aliphatic carbocycles. The van der Waals surface area contributed by atoms with Gasteiger partial charge < -0.3 is 9.64 Å². The molecule has 0 bridgehead atoms. The van der Waals surface area contributed by atoms with E-state index in [0.717, 1.165) is 16.4 Å². The third-order valence-electron chi connectivity index (χ3n) is 3.48. The van der Waals surface area contributed by atoms with Gasteiger partial charge in [-0.1, -0.05) is 11.6 Å². The van der Waals surface area contributed by atoms with Crippen LogP contribution in [0.2, 0.25) is 5.02 Å². The van der Waals surface area contributed by atoms with Crippen molar-refractivity contribution < 1.29 is 22.9 Å². The second-order valence-corrected chi connectivity index (χ2v) is 7.77. The molecule has 25 heavy (non-hydrogen) atoms. The quantitative estimate of drug-likeness (QED) is 0.486. The topological polar surface area (TPSA) is 110 Å². The van der Waals surface area contributed by atoms with E-state index in [4.69, 9.17) is 16.3 Å². The number of nitro benzene ring substituents is 1. The van der Waals surface area contributed by atoms with E-state index in [0.29, 0.717) is 0 Å². The first-order chi connectivity index (χ1) is 11.5. The van der Waals surface area contributed by atoms with Crippen LogP contribution in [0.25, 0.3) is 0 Å². The van der Waals surface area contributed by atoms with Crippen LogP contribution in [0, 0.1) is 17.0 Å². The summed E-state index contributed by atoms with van der Waals surface area (Å²) in [5.74, 6) is -0.438. The number of rotatable bonds is 8. The van der Waals surface area contributed by atoms with Crippen molar-refractivity contribution in [3.63, 3.8) is 0 Å². The average molecular weight is 394 g/mol. The molecule has 0 saturated carbocycles. The molecule has 0 atom stereocenters. The Labute approximate surface area is 151 Å². The molecule has 0 heterocycles. The highest BCUT2D eigenvalue weighted by atomic mass is 35.5. The van der Waals surface area contributed by atoms with E-state index in [-0.39, 0.29) is 28.6 Å². The van der Waals surface area contributed by atoms with E-state index in [1.54, 1.807) is 0 Å². The largest absolute Gasteiger partial charge is 0.383 e. The lowest BCUT2D eigenvalue weighted by molar-refractivity contribution is -0.385. The minimum atomic E-state index is -4.18. The number of benzene rings is 1. The number of halogens is 1. The third-order valence-corrected chi connectivity index (χ3v) is 5.70. The molecule has 0 spiro atoms. The SMILES string of the molecule is COCCN(CC(=O)N(C)C)S(=O)(=O)c1cc(Cl)c(C)c([N+](=O)[O-])c1. The molecule has 0 unspecified atom stereocenters. The lowest BCUT2D eigenvalue weighted by Crippen LogP contribution is -2.41. The maximum Gasteiger partial charge on any atom is 0.275 e. The first kappa shape index (κ1) is 21.3. The molecular weight excluding hydrogens is 374 g/mol. The molecule has 0 radical (unpaired) electrons. The highest BCUT2D eigenvalue weighted by Gasteiger charge is 2.30. The lowest BCUT2D eigenvalue weighted by atomic mass is 10.2. The fraction of sp³-hybridized carbons (Fsp3) is 0.500. The Morgan fingerprint density at radius 3 is 2.44 bits per heavy atom. The van der Waals surface area contributed by atoms with Gasteiger partial charge in [-0.25, -0.2) is 8.42 Å². The lowest BCUT2D eigenvalue weighted by Gasteiger charge is -2.23. The van der Waals surface area contributed by atoms with E-state index in [9.17, 15) is 23.3 Å². The third kappa shape index (κ3) is 5.11. The van der Waals surface area contributed by atoms with E-state index in [1.807, 2.05) is 0 Å². The molecule has 0 N–H and O–H groups in total. The first-order valence-corrected chi connectivity index (χ1v) is 8.98. The van der Waals surface area contributed by atoms with Crippen molar-refractivity contribution in [1.29, 1.82) is 0 Å². The summed E-state index contributed by atoms with van der Waals surface area (Å²) in [6.07, 6.45) is 0. The molecule has 0 fully saturated rings. The Hall–Kier alpha value is -1.75. The highest BCUT2D eigenvalue weighted by molar-refractivity contribution is 7.89. The molecule has 9 nitrogen and oxygen atoms in total. The number of carbonyl (C=O) groups is 1. The molecule has 1 rings (SSSR count). The second kappa shape index (κ2) is 8.56. The predicted molar refractivity (Wildman–Crippen MR) is 92.2 cm³/mol. The van der Waals surface area contributed by atoms with Gasteiger partial charge in [0.2, 0.25) is 15.9 Å². The van der Waals surface area contributed by atoms with Crippen LogP contribution < -0.4 is 0 Å². The fourth-order valence-corrected chi connectivity index (χ4v) is 3.60. The van der Waals surface area contributed by atoms with Crippen LogP contribution in [0.3, 0.4) is 0 Å². The molecule has 11 heteroatoms. The minimum absolute atomic E-state index is 0.0431. The fourth-order valence-electron chi connectivity index (χ4n) is 1.90. The van der Waals surface area contributed by atoms with Crippen LogP contribution in [-0.2, 0) is 19.6 Å². The van der Waals surface area contributed by atoms with Crippen LogP contribution in [0.1, 0.15) is 5.56 Å². The van der Waals surface area contributed by atoms with Crippen LogP contribution in [0.5, 0.6) is 0 Å². The van der Waals surface area contributed by atoms with Crippen molar-refractivity contribution in [2.24, 2.45) is 0 Å². The van der Waals surface area contributed by atoms with Crippen molar-refractivity contribution in [2.75, 3.05) is 40.9 Å². The number of carbonyl (C=O) groups excluding carboxylic acids is 1. The van der Waals surface area contributed by atoms with Crippen molar-refractivity contribution in [2.45, 2.75) is 11.8 Å². The summed E-state index contributed by atoms with van der Waals surface area (Å²) in [5.41, 5.74) is -0.241. The van der Waals surface area contributed by atoms with Gasteiger partial charge >= 0.3 is 0 Å². The van der Waals surface area contributed by atoms with Crippen molar-refractivity contribution in [1.82, 2.24) is 9.21 Å². The Bertz CT molecular complexity index is 766. The van der Waals surface area contributed by atoms with Crippen molar-refractivity contribution in [3.8, 4) is 0 Å². The predicted octanol–water partition coefficient (Wildman–Crippen LogP) is 1.28. The normalized spacial score (nSPS) is 11.6. The zero-order chi connectivity index (χ0) is 19.4. The van der Waals surface area contributed by atoms with Gasteiger partial charge in [0.1, 0.15) is 0 Å². The molecule has 1 aromatic rings. The Balaban J connectivity index is 3.38. The van der Waals surface area contributed by atoms with Gasteiger partial charge in [0, 0.05) is 39.4 Å². The summed E-state index contributed by atoms with van der Waals surface area (Å²) >= 11 is 5.95. The smallest absolute Gasteiger partial charge is 0.275 e. The molecule has 1 amide bonds. The maximum atomic E-state index is 12.9. The van der Waals surface area contributed by atoms with Gasteiger partial charge in [0.05, 0.1) is 28.0 Å². The summed E-state index contributed by atoms with van der Waals surface area (Å²) in [6, 6.07) is 2.08. The molecule has 0 aliphatic rings. The summed E-state index contributed by atoms with van der Waals surface area (Å²) in [5, 5.41) is 11.1. The molecule has 0 saturated heterocycles. The number of nitrogens with zero attached hydrogens (tertiary/aromatic N) is 3. The van der Waals surface area contributed by atoms with Gasteiger partial charge in [-0.2, -0.15) is 4.31 Å². The zero-order valence-corrected chi connectivity index (χ0v) is 15.9. The minimum Gasteiger partial charge on any atom is -0.383 e. The Morgan fingerprint density at radius 2 is 1.96 bits per heavy atom. The molecule has 1 aromatic carbocycles. The van der Waals surface area contributed by atoms with Gasteiger partial charge in [-0.3, -0.25) is 14.9 Å². The van der Waals surface area contributed by atoms with Crippen LogP contribution in [0.15, 0.2) is 17.0 Å². The number of methoxy groups -OCH3 is 1. The number of sulfonamides is 1. The molecule has 140 valence electrons. The van der Waals surface area contributed by atoms with Crippen LogP contribution in [0.4, 0.5) is 5.69 Å². The second-order valence-electron chi connectivity index (χ2n) is 5.43. The van der Waals surface area contributed by atoms with Gasteiger partial charge in [-0.05, 0) is 13.0 Å². The number of amides is 1. The van der Waals surface area contributed by atoms with Crippen molar-refractivity contribution in [3.05, 3.63) is 32.8 Å². The van der Waals surface area contributed by atoms with E-state index < -0.39 is 33.1 Å². The number of hydrogen-bond donors (Lipinski definition) is 0. The summed E-state index contributed by atoms with van der Waals surface area (Å²) < 4.78 is 31.5. The van der Waals surface area contributed by atoms with E-state index >= 15 is 0 Å². The van der Waals surface area contributed by atoms with Gasteiger partial charge in [0.25, 0.3) is 5.69 Å². The maximum absolute atomic E-state index is 12.9. The number of likely N-dealkylation sites (N-methyl/N-ethyl adjacent to an activating group) is 1. The van der Waals surface area contributed by atoms with E-state index in [1.165, 1.54) is 33.0 Å². The Morgan fingerprint density at radius 1 is 1.36 bits per heavy atom. The van der Waals surface area contributed by atoms with Crippen LogP contribution in [-0.4, -0.2) is 69.4 Å². The summed E-state index contributed by atoms with van der Waals surface area (Å²) in [7, 11) is 0.209. The number of ether oxygens (including phenoxy) is 1. The Kier molecular flexibility index (Phi) is 7.29. The highest BCUT2D eigenvalue weighted by Crippen LogP contribution is 2.30. The molecule has 0 aliphatic heterocycles. The van der Waals surface area contributed by atoms with Crippen LogP contribution >= 0.6 is 11.6 Å². The monoisotopic (exact) mass is 393 g/mol. The standard InChI is InChI=1S/C14H20ClN3O6S/c1-10-12(15)7-11(8-13(10)18(20)21)25(22,23)17(5-6-24-4)9-14(19)16(2)3/h7-8H,5-6,9H2,1-4H3. The summed E-state index contributed by atoms with van der Waals surface area (Å²) in [6.45, 7) is 0.979. The summed E-state index contributed by atoms with van der Waals surface area (Å²) in [4.78, 5) is 23.3. The molecule has 0 aromatic heterocycles. The van der Waals surface area contributed by atoms with Crippen molar-refractivity contribution >= 4 is 33.2 Å².